The van der Waals surface area contributed by atoms with Crippen molar-refractivity contribution >= 4 is 0 Å². The molecule has 0 N–H and O–H groups in total. The van der Waals surface area contributed by atoms with Gasteiger partial charge >= 0.3 is 0 Å². The fourth-order valence-electron chi connectivity index (χ4n) is 1.06. The van der Waals surface area contributed by atoms with E-state index in [2.05, 4.69) is 0 Å². The lowest BCUT2D eigenvalue weighted by Gasteiger charge is -2.22. The second-order valence-electron chi connectivity index (χ2n) is 3.03. The summed E-state index contributed by atoms with van der Waals surface area (Å²) in [6.07, 6.45) is -1.26. The van der Waals surface area contributed by atoms with Gasteiger partial charge in [0.25, 0.3) is 0 Å². The molecule has 0 amide bonds. The molecule has 0 rings (SSSR count). The normalized spacial score (nSPS) is 16.2. The first-order valence-electron chi connectivity index (χ1n) is 4.13. The highest BCUT2D eigenvalue weighted by Crippen LogP contribution is 2.17. The molecule has 4 nitrogen and oxygen atoms in total. The molecule has 0 aliphatic heterocycles. The van der Waals surface area contributed by atoms with Crippen LogP contribution in [0.4, 0.5) is 35.9 Å². The van der Waals surface area contributed by atoms with Crippen LogP contribution in [-0.4, -0.2) is 46.5 Å². The SMILES string of the molecule is FN(F)CC(CC(CN(F)F)N(F)F)N(F)F. The van der Waals surface area contributed by atoms with Crippen LogP contribution in [0.15, 0.2) is 0 Å². The number of rotatable bonds is 8. The van der Waals surface area contributed by atoms with Crippen LogP contribution in [0.1, 0.15) is 6.42 Å². The summed E-state index contributed by atoms with van der Waals surface area (Å²) in [6, 6.07) is -4.58. The first-order chi connectivity index (χ1) is 7.73. The standard InChI is InChI=1S/C5H8F8N4/c6-14(7)2-4(16(10)11)1-5(17(12)13)3-15(8)9/h4-5H,1-3H2. The second-order valence-corrected chi connectivity index (χ2v) is 3.03. The summed E-state index contributed by atoms with van der Waals surface area (Å²) in [6.45, 7) is -3.09. The Balaban J connectivity index is 4.45. The topological polar surface area (TPSA) is 13.0 Å². The molecule has 0 heterocycles. The monoisotopic (exact) mass is 276 g/mol. The largest absolute Gasteiger partial charge is 0.101 e. The van der Waals surface area contributed by atoms with E-state index in [1.165, 1.54) is 0 Å². The summed E-state index contributed by atoms with van der Waals surface area (Å²) < 4.78 is 94.8. The van der Waals surface area contributed by atoms with Gasteiger partial charge in [0.05, 0.1) is 25.2 Å². The summed E-state index contributed by atoms with van der Waals surface area (Å²) >= 11 is 0. The highest BCUT2D eigenvalue weighted by Gasteiger charge is 2.31. The molecule has 0 radical (unpaired) electrons. The third kappa shape index (κ3) is 7.25. The summed E-state index contributed by atoms with van der Waals surface area (Å²) in [5.41, 5.74) is 0. The van der Waals surface area contributed by atoms with E-state index in [1.807, 2.05) is 0 Å². The molecule has 0 aromatic carbocycles. The molecule has 17 heavy (non-hydrogen) atoms. The van der Waals surface area contributed by atoms with Crippen molar-refractivity contribution < 1.29 is 35.9 Å². The summed E-state index contributed by atoms with van der Waals surface area (Å²) in [7, 11) is 0. The quantitative estimate of drug-likeness (QED) is 0.498. The van der Waals surface area contributed by atoms with Crippen molar-refractivity contribution in [3.8, 4) is 0 Å². The smallest absolute Gasteiger partial charge is 0.0928 e. The predicted molar refractivity (Wildman–Crippen MR) is 38.1 cm³/mol. The Morgan fingerprint density at radius 2 is 0.882 bits per heavy atom. The van der Waals surface area contributed by atoms with Crippen molar-refractivity contribution in [2.45, 2.75) is 18.5 Å². The maximum absolute atomic E-state index is 12.0. The molecule has 0 aromatic heterocycles. The molecule has 104 valence electrons. The van der Waals surface area contributed by atoms with Gasteiger partial charge in [-0.2, -0.15) is 0 Å². The van der Waals surface area contributed by atoms with E-state index in [9.17, 15) is 35.9 Å². The Bertz CT molecular complexity index is 182. The van der Waals surface area contributed by atoms with Crippen LogP contribution in [0.3, 0.4) is 0 Å². The van der Waals surface area contributed by atoms with Crippen LogP contribution in [0, 0.1) is 0 Å². The Labute approximate surface area is 90.0 Å². The Hall–Kier alpha value is -0.720. The average Bonchev–Trinajstić information content (AvgIpc) is 2.13. The third-order valence-electron chi connectivity index (χ3n) is 1.79. The fourth-order valence-corrected chi connectivity index (χ4v) is 1.06. The summed E-state index contributed by atoms with van der Waals surface area (Å²) in [5.74, 6) is 0. The molecule has 0 aromatic rings. The van der Waals surface area contributed by atoms with Gasteiger partial charge in [0.2, 0.25) is 0 Å². The fraction of sp³-hybridized carbons (Fsp3) is 1.00. The minimum atomic E-state index is -2.29. The number of hydrogen-bond donors (Lipinski definition) is 0. The second kappa shape index (κ2) is 7.58. The van der Waals surface area contributed by atoms with Crippen molar-refractivity contribution in [1.82, 2.24) is 21.4 Å². The Kier molecular flexibility index (Phi) is 7.26. The molecular formula is C5H8F8N4. The lowest BCUT2D eigenvalue weighted by Crippen LogP contribution is -2.40. The van der Waals surface area contributed by atoms with Crippen LogP contribution in [0.25, 0.3) is 0 Å². The van der Waals surface area contributed by atoms with E-state index < -0.39 is 53.0 Å². The maximum atomic E-state index is 12.0. The molecule has 0 aliphatic rings. The van der Waals surface area contributed by atoms with Gasteiger partial charge in [-0.05, 0) is 6.42 Å². The van der Waals surface area contributed by atoms with Crippen molar-refractivity contribution in [2.24, 2.45) is 0 Å². The van der Waals surface area contributed by atoms with Crippen LogP contribution < -0.4 is 0 Å². The molecule has 0 aliphatic carbocycles. The molecule has 0 bridgehead atoms. The average molecular weight is 276 g/mol. The van der Waals surface area contributed by atoms with Crippen molar-refractivity contribution in [3.63, 3.8) is 0 Å². The van der Waals surface area contributed by atoms with Gasteiger partial charge in [0.15, 0.2) is 0 Å². The van der Waals surface area contributed by atoms with Gasteiger partial charge in [0, 0.05) is 21.4 Å². The zero-order valence-electron chi connectivity index (χ0n) is 8.09. The Morgan fingerprint density at radius 3 is 1.06 bits per heavy atom. The Morgan fingerprint density at radius 1 is 0.588 bits per heavy atom. The van der Waals surface area contributed by atoms with E-state index in [0.29, 0.717) is 0 Å². The van der Waals surface area contributed by atoms with Gasteiger partial charge in [-0.1, -0.05) is 0 Å². The van der Waals surface area contributed by atoms with Gasteiger partial charge in [-0.25, -0.2) is 0 Å². The third-order valence-corrected chi connectivity index (χ3v) is 1.79. The highest BCUT2D eigenvalue weighted by atomic mass is 19.4. The van der Waals surface area contributed by atoms with Gasteiger partial charge < -0.3 is 0 Å². The molecule has 0 fully saturated rings. The van der Waals surface area contributed by atoms with E-state index in [1.54, 1.807) is 0 Å². The molecule has 2 unspecified atom stereocenters. The van der Waals surface area contributed by atoms with Crippen LogP contribution in [0.5, 0.6) is 0 Å². The number of halogens is 8. The molecule has 12 heteroatoms. The molecular weight excluding hydrogens is 268 g/mol. The van der Waals surface area contributed by atoms with Gasteiger partial charge in [-0.3, -0.25) is 0 Å². The van der Waals surface area contributed by atoms with Crippen molar-refractivity contribution in [3.05, 3.63) is 0 Å². The predicted octanol–water partition coefficient (Wildman–Crippen LogP) is 2.40. The molecule has 2 atom stereocenters. The van der Waals surface area contributed by atoms with Gasteiger partial charge in [0.1, 0.15) is 0 Å². The lowest BCUT2D eigenvalue weighted by molar-refractivity contribution is -0.259. The van der Waals surface area contributed by atoms with Crippen LogP contribution in [-0.2, 0) is 0 Å². The van der Waals surface area contributed by atoms with E-state index >= 15 is 0 Å². The molecule has 0 saturated heterocycles. The minimum Gasteiger partial charge on any atom is -0.101 e. The molecule has 0 spiro atoms. The minimum absolute atomic E-state index is 1.26. The van der Waals surface area contributed by atoms with Crippen LogP contribution >= 0.6 is 0 Å². The number of nitrogens with zero attached hydrogens (tertiary/aromatic N) is 4. The zero-order chi connectivity index (χ0) is 13.6. The highest BCUT2D eigenvalue weighted by molar-refractivity contribution is 4.72. The maximum Gasteiger partial charge on any atom is 0.0928 e. The molecule has 0 saturated carbocycles. The first kappa shape index (κ1) is 16.3. The van der Waals surface area contributed by atoms with E-state index in [0.717, 1.165) is 0 Å². The first-order valence-corrected chi connectivity index (χ1v) is 4.13. The van der Waals surface area contributed by atoms with E-state index in [-0.39, 0.29) is 0 Å². The number of hydrogen-bond acceptors (Lipinski definition) is 4. The van der Waals surface area contributed by atoms with Gasteiger partial charge in [-0.15, -0.1) is 35.9 Å². The lowest BCUT2D eigenvalue weighted by atomic mass is 10.1. The van der Waals surface area contributed by atoms with Crippen LogP contribution in [0.2, 0.25) is 0 Å². The summed E-state index contributed by atoms with van der Waals surface area (Å²) in [5, 5.41) is -6.72. The zero-order valence-corrected chi connectivity index (χ0v) is 8.09. The summed E-state index contributed by atoms with van der Waals surface area (Å²) in [4.78, 5) is 0. The van der Waals surface area contributed by atoms with E-state index in [4.69, 9.17) is 0 Å². The van der Waals surface area contributed by atoms with Crippen molar-refractivity contribution in [1.29, 1.82) is 0 Å². The van der Waals surface area contributed by atoms with Crippen molar-refractivity contribution in [2.75, 3.05) is 13.1 Å².